The summed E-state index contributed by atoms with van der Waals surface area (Å²) in [6.45, 7) is 9.76. The molecule has 0 aliphatic carbocycles. The second-order valence-electron chi connectivity index (χ2n) is 15.4. The molecule has 0 spiro atoms. The summed E-state index contributed by atoms with van der Waals surface area (Å²) in [7, 11) is -5.49. The minimum atomic E-state index is -5.49. The van der Waals surface area contributed by atoms with Crippen LogP contribution in [0.15, 0.2) is 0 Å². The average molecular weight is 931 g/mol. The Morgan fingerprint density at radius 3 is 1.73 bits per heavy atom. The van der Waals surface area contributed by atoms with Gasteiger partial charge in [-0.3, -0.25) is 33.3 Å². The van der Waals surface area contributed by atoms with Crippen molar-refractivity contribution in [3.8, 4) is 0 Å². The number of rotatable bonds is 26. The molecule has 14 atom stereocenters. The highest BCUT2D eigenvalue weighted by molar-refractivity contribution is 7.46. The Kier molecular flexibility index (Phi) is 24.1. The van der Waals surface area contributed by atoms with Crippen LogP contribution in [0, 0.1) is 5.92 Å². The van der Waals surface area contributed by atoms with Crippen LogP contribution < -0.4 is 10.6 Å². The maximum Gasteiger partial charge on any atom is 0.470 e. The third kappa shape index (κ3) is 18.6. The average Bonchev–Trinajstić information content (AvgIpc) is 3.22. The van der Waals surface area contributed by atoms with Crippen molar-refractivity contribution in [2.75, 3.05) is 13.2 Å². The Labute approximate surface area is 366 Å². The van der Waals surface area contributed by atoms with Gasteiger partial charge in [0.05, 0.1) is 38.6 Å². The first kappa shape index (κ1) is 55.8. The Morgan fingerprint density at radius 2 is 1.21 bits per heavy atom. The van der Waals surface area contributed by atoms with Crippen molar-refractivity contribution in [1.82, 2.24) is 10.6 Å². The summed E-state index contributed by atoms with van der Waals surface area (Å²) in [5.41, 5.74) is 0. The van der Waals surface area contributed by atoms with E-state index in [4.69, 9.17) is 37.7 Å². The van der Waals surface area contributed by atoms with E-state index < -0.39 is 156 Å². The summed E-state index contributed by atoms with van der Waals surface area (Å²) in [6.07, 6.45) is -18.2. The number of amides is 2. The molecule has 2 saturated heterocycles. The van der Waals surface area contributed by atoms with Gasteiger partial charge >= 0.3 is 31.7 Å². The molecule has 0 radical (unpaired) electrons. The van der Waals surface area contributed by atoms with E-state index in [0.717, 1.165) is 0 Å². The van der Waals surface area contributed by atoms with Gasteiger partial charge in [-0.15, -0.1) is 0 Å². The lowest BCUT2D eigenvalue weighted by Gasteiger charge is -2.46. The molecule has 0 aromatic rings. The summed E-state index contributed by atoms with van der Waals surface area (Å²) >= 11 is 0. The predicted molar refractivity (Wildman–Crippen MR) is 214 cm³/mol. The second kappa shape index (κ2) is 27.2. The third-order valence-electron chi connectivity index (χ3n) is 10.4. The summed E-state index contributed by atoms with van der Waals surface area (Å²) in [5, 5.41) is 48.2. The number of phosphoric acid groups is 1. The minimum absolute atomic E-state index is 0.00545. The fourth-order valence-corrected chi connectivity index (χ4v) is 7.06. The van der Waals surface area contributed by atoms with Crippen LogP contribution in [0.1, 0.15) is 113 Å². The second-order valence-corrected chi connectivity index (χ2v) is 16.6. The first-order valence-electron chi connectivity index (χ1n) is 21.3. The van der Waals surface area contributed by atoms with Crippen molar-refractivity contribution < 1.29 is 101 Å². The summed E-state index contributed by atoms with van der Waals surface area (Å²) < 4.78 is 56.5. The standard InChI is InChI=1S/C39H67N2O21P/c1-8-20(7)14-26(44)40-32-36(60-30(48)15-21(43)9-2)34(50)25(58-38(32)51)19-55-39-33(41-27(45)16-22(10-3)56-28(46)12-5)37(35(24(18-42)59-39)62-63(52,53)54)61-31(49)17-23(11-4)57-29(47)13-6/h20-25,32-39,42-43,50-51H,8-19H2,1-7H3,(H,40,44)(H,41,45)(H2,52,53,54)/t20-,21-,22-,23-,24?,25?,32?,33?,34-,35-,36-,37-,38?,39-/m1/s1. The number of carbonyl (C=O) groups excluding carboxylic acids is 6. The molecule has 2 fully saturated rings. The van der Waals surface area contributed by atoms with Gasteiger partial charge in [0.25, 0.3) is 0 Å². The minimum Gasteiger partial charge on any atom is -0.462 e. The number of hydrogen-bond acceptors (Lipinski definition) is 19. The Balaban J connectivity index is 2.59. The van der Waals surface area contributed by atoms with E-state index in [9.17, 15) is 63.5 Å². The third-order valence-corrected chi connectivity index (χ3v) is 10.9. The molecule has 23 nitrogen and oxygen atoms in total. The van der Waals surface area contributed by atoms with Crippen molar-refractivity contribution in [1.29, 1.82) is 0 Å². The van der Waals surface area contributed by atoms with Gasteiger partial charge in [-0.05, 0) is 25.2 Å². The smallest absolute Gasteiger partial charge is 0.462 e. The first-order chi connectivity index (χ1) is 29.6. The molecule has 2 aliphatic rings. The fourth-order valence-electron chi connectivity index (χ4n) is 6.48. The molecule has 0 saturated carbocycles. The van der Waals surface area contributed by atoms with Crippen LogP contribution in [0.3, 0.4) is 0 Å². The van der Waals surface area contributed by atoms with Gasteiger partial charge in [0, 0.05) is 19.3 Å². The van der Waals surface area contributed by atoms with Crippen molar-refractivity contribution in [2.24, 2.45) is 5.92 Å². The van der Waals surface area contributed by atoms with E-state index in [1.165, 1.54) is 6.92 Å². The van der Waals surface area contributed by atoms with Gasteiger partial charge < -0.3 is 74.0 Å². The van der Waals surface area contributed by atoms with Crippen LogP contribution in [0.25, 0.3) is 0 Å². The molecule has 2 amide bonds. The zero-order valence-electron chi connectivity index (χ0n) is 36.8. The van der Waals surface area contributed by atoms with Crippen molar-refractivity contribution in [3.63, 3.8) is 0 Å². The summed E-state index contributed by atoms with van der Waals surface area (Å²) in [4.78, 5) is 96.8. The SMILES string of the molecule is CCC(=O)O[C@H](CC)CC(=O)NC1[C@H](OCC2OC(O)C(NC(=O)C[C@H](C)CC)[C@@H](OC(=O)C[C@H](O)CC)[C@@H]2O)OC(CO)[C@@H](OP(=O)(O)O)[C@@H]1OC(=O)C[C@@H](CC)OC(=O)CC. The zero-order valence-corrected chi connectivity index (χ0v) is 37.7. The molecule has 364 valence electrons. The van der Waals surface area contributed by atoms with Gasteiger partial charge in [-0.2, -0.15) is 0 Å². The topological polar surface area (TPSA) is 339 Å². The van der Waals surface area contributed by atoms with E-state index in [1.807, 2.05) is 13.8 Å². The van der Waals surface area contributed by atoms with Gasteiger partial charge in [0.2, 0.25) is 11.8 Å². The first-order valence-corrected chi connectivity index (χ1v) is 22.8. The van der Waals surface area contributed by atoms with Gasteiger partial charge in [0.15, 0.2) is 24.8 Å². The van der Waals surface area contributed by atoms with Crippen LogP contribution in [0.2, 0.25) is 0 Å². The molecular formula is C39H67N2O21P. The van der Waals surface area contributed by atoms with Crippen molar-refractivity contribution in [3.05, 3.63) is 0 Å². The number of ether oxygens (including phenoxy) is 7. The number of esters is 4. The summed E-state index contributed by atoms with van der Waals surface area (Å²) in [5.74, 6) is -4.86. The van der Waals surface area contributed by atoms with Gasteiger partial charge in [-0.25, -0.2) is 4.57 Å². The molecule has 5 unspecified atom stereocenters. The highest BCUT2D eigenvalue weighted by Crippen LogP contribution is 2.42. The summed E-state index contributed by atoms with van der Waals surface area (Å²) in [6, 6.07) is -3.29. The van der Waals surface area contributed by atoms with Crippen LogP contribution in [-0.4, -0.2) is 159 Å². The molecule has 0 aromatic heterocycles. The van der Waals surface area contributed by atoms with Gasteiger partial charge in [0.1, 0.15) is 48.7 Å². The molecule has 24 heteroatoms. The largest absolute Gasteiger partial charge is 0.470 e. The lowest BCUT2D eigenvalue weighted by molar-refractivity contribution is -0.298. The highest BCUT2D eigenvalue weighted by Gasteiger charge is 2.54. The monoisotopic (exact) mass is 930 g/mol. The Morgan fingerprint density at radius 1 is 0.667 bits per heavy atom. The molecule has 63 heavy (non-hydrogen) atoms. The Bertz CT molecular complexity index is 1530. The van der Waals surface area contributed by atoms with Crippen LogP contribution in [0.5, 0.6) is 0 Å². The van der Waals surface area contributed by atoms with Crippen molar-refractivity contribution in [2.45, 2.75) is 192 Å². The zero-order chi connectivity index (χ0) is 47.6. The molecule has 2 heterocycles. The molecular weight excluding hydrogens is 863 g/mol. The number of hydrogen-bond donors (Lipinski definition) is 8. The highest BCUT2D eigenvalue weighted by atomic mass is 31.2. The van der Waals surface area contributed by atoms with E-state index in [-0.39, 0.29) is 44.4 Å². The number of nitrogens with one attached hydrogen (secondary N) is 2. The van der Waals surface area contributed by atoms with E-state index in [1.54, 1.807) is 27.7 Å². The predicted octanol–water partition coefficient (Wildman–Crippen LogP) is -0.0896. The van der Waals surface area contributed by atoms with Crippen LogP contribution in [0.4, 0.5) is 0 Å². The van der Waals surface area contributed by atoms with Gasteiger partial charge in [-0.1, -0.05) is 54.9 Å². The van der Waals surface area contributed by atoms with E-state index in [2.05, 4.69) is 10.6 Å². The molecule has 8 N–H and O–H groups in total. The number of phosphoric ester groups is 1. The Hall–Kier alpha value is -3.35. The number of aliphatic hydroxyl groups excluding tert-OH is 4. The maximum atomic E-state index is 13.6. The molecule has 2 rings (SSSR count). The lowest BCUT2D eigenvalue weighted by atomic mass is 9.95. The van der Waals surface area contributed by atoms with E-state index >= 15 is 0 Å². The van der Waals surface area contributed by atoms with Crippen LogP contribution >= 0.6 is 7.82 Å². The van der Waals surface area contributed by atoms with Crippen molar-refractivity contribution >= 4 is 43.5 Å². The molecule has 0 aromatic carbocycles. The maximum absolute atomic E-state index is 13.6. The fraction of sp³-hybridized carbons (Fsp3) is 0.846. The lowest BCUT2D eigenvalue weighted by Crippen LogP contribution is -2.68. The number of aliphatic hydroxyl groups is 4. The molecule has 2 aliphatic heterocycles. The number of carbonyl (C=O) groups is 6. The quantitative estimate of drug-likeness (QED) is 0.0319. The van der Waals surface area contributed by atoms with Crippen LogP contribution in [-0.2, 0) is 71.0 Å². The normalized spacial score (nSPS) is 28.1. The van der Waals surface area contributed by atoms with E-state index in [0.29, 0.717) is 6.42 Å². The molecule has 0 bridgehead atoms.